The van der Waals surface area contributed by atoms with Gasteiger partial charge in [-0.2, -0.15) is 0 Å². The lowest BCUT2D eigenvalue weighted by Crippen LogP contribution is -1.93. The first-order valence-corrected chi connectivity index (χ1v) is 6.66. The molecule has 0 aliphatic heterocycles. The quantitative estimate of drug-likeness (QED) is 0.617. The van der Waals surface area contributed by atoms with Gasteiger partial charge in [-0.05, 0) is 74.6 Å². The second-order valence-corrected chi connectivity index (χ2v) is 5.24. The molecule has 96 valence electrons. The Hall–Kier alpha value is -1.21. The van der Waals surface area contributed by atoms with Crippen LogP contribution >= 0.6 is 12.6 Å². The minimum absolute atomic E-state index is 1.02. The van der Waals surface area contributed by atoms with E-state index >= 15 is 0 Å². The van der Waals surface area contributed by atoms with Crippen molar-refractivity contribution in [2.45, 2.75) is 39.5 Å². The predicted molar refractivity (Wildman–Crippen MR) is 83.8 cm³/mol. The largest absolute Gasteiger partial charge is 0.143 e. The normalized spacial score (nSPS) is 9.67. The van der Waals surface area contributed by atoms with Crippen LogP contribution in [0.5, 0.6) is 0 Å². The molecule has 1 heteroatoms. The first-order chi connectivity index (χ1) is 8.43. The smallest absolute Gasteiger partial charge is 0.00399 e. The number of benzene rings is 2. The van der Waals surface area contributed by atoms with Crippen molar-refractivity contribution in [1.82, 2.24) is 0 Å². The minimum atomic E-state index is 1.02. The molecule has 0 aromatic heterocycles. The average Bonchev–Trinajstić information content (AvgIpc) is 2.36. The molecule has 0 fully saturated rings. The van der Waals surface area contributed by atoms with Gasteiger partial charge in [0.15, 0.2) is 0 Å². The Morgan fingerprint density at radius 1 is 0.667 bits per heavy atom. The molecule has 0 unspecified atom stereocenters. The Labute approximate surface area is 116 Å². The van der Waals surface area contributed by atoms with E-state index in [2.05, 4.69) is 53.3 Å². The lowest BCUT2D eigenvalue weighted by atomic mass is 9.96. The number of aryl methyl sites for hydroxylation is 2. The SMILES string of the molecule is Cc1cc(C)c(C)c(C)c1C.Sc1ccccc1. The molecule has 0 saturated carbocycles. The van der Waals surface area contributed by atoms with E-state index in [1.54, 1.807) is 0 Å². The van der Waals surface area contributed by atoms with Crippen molar-refractivity contribution in [2.24, 2.45) is 0 Å². The highest BCUT2D eigenvalue weighted by atomic mass is 32.1. The van der Waals surface area contributed by atoms with E-state index in [4.69, 9.17) is 0 Å². The zero-order valence-electron chi connectivity index (χ0n) is 11.9. The molecule has 0 nitrogen and oxygen atoms in total. The number of thiol groups is 1. The van der Waals surface area contributed by atoms with Crippen LogP contribution < -0.4 is 0 Å². The maximum absolute atomic E-state index is 4.08. The zero-order chi connectivity index (χ0) is 13.7. The molecule has 0 heterocycles. The number of hydrogen-bond acceptors (Lipinski definition) is 1. The third-order valence-electron chi connectivity index (χ3n) is 3.50. The lowest BCUT2D eigenvalue weighted by molar-refractivity contribution is 1.18. The molecule has 0 radical (unpaired) electrons. The fourth-order valence-electron chi connectivity index (χ4n) is 1.84. The first kappa shape index (κ1) is 14.8. The standard InChI is InChI=1S/C11H16.C6H6S/c1-7-6-8(2)10(4)11(5)9(7)3;7-6-4-2-1-3-5-6/h6H,1-5H3;1-5,7H. The molecule has 0 aliphatic rings. The van der Waals surface area contributed by atoms with E-state index < -0.39 is 0 Å². The number of rotatable bonds is 0. The summed E-state index contributed by atoms with van der Waals surface area (Å²) in [5.41, 5.74) is 7.14. The van der Waals surface area contributed by atoms with Gasteiger partial charge in [-0.25, -0.2) is 0 Å². The molecule has 0 N–H and O–H groups in total. The highest BCUT2D eigenvalue weighted by Gasteiger charge is 2.02. The second-order valence-electron chi connectivity index (χ2n) is 4.72. The molecule has 2 aromatic rings. The van der Waals surface area contributed by atoms with Gasteiger partial charge in [-0.15, -0.1) is 12.6 Å². The van der Waals surface area contributed by atoms with Gasteiger partial charge >= 0.3 is 0 Å². The summed E-state index contributed by atoms with van der Waals surface area (Å²) >= 11 is 4.08. The van der Waals surface area contributed by atoms with Crippen LogP contribution in [-0.2, 0) is 0 Å². The third-order valence-corrected chi connectivity index (χ3v) is 3.80. The van der Waals surface area contributed by atoms with Crippen molar-refractivity contribution < 1.29 is 0 Å². The lowest BCUT2D eigenvalue weighted by Gasteiger charge is -2.10. The molecule has 18 heavy (non-hydrogen) atoms. The van der Waals surface area contributed by atoms with Crippen molar-refractivity contribution in [3.05, 3.63) is 64.2 Å². The summed E-state index contributed by atoms with van der Waals surface area (Å²) in [6, 6.07) is 12.0. The van der Waals surface area contributed by atoms with Crippen LogP contribution in [0.2, 0.25) is 0 Å². The van der Waals surface area contributed by atoms with E-state index in [0.29, 0.717) is 0 Å². The van der Waals surface area contributed by atoms with Gasteiger partial charge in [0.1, 0.15) is 0 Å². The second kappa shape index (κ2) is 6.65. The molecular weight excluding hydrogens is 236 g/mol. The fraction of sp³-hybridized carbons (Fsp3) is 0.294. The fourth-order valence-corrected chi connectivity index (χ4v) is 2.01. The molecule has 0 aliphatic carbocycles. The molecule has 0 atom stereocenters. The molecule has 0 bridgehead atoms. The minimum Gasteiger partial charge on any atom is -0.143 e. The van der Waals surface area contributed by atoms with Crippen LogP contribution in [0.3, 0.4) is 0 Å². The summed E-state index contributed by atoms with van der Waals surface area (Å²) in [7, 11) is 0. The molecule has 2 aromatic carbocycles. The monoisotopic (exact) mass is 258 g/mol. The molecular formula is C17H22S. The highest BCUT2D eigenvalue weighted by molar-refractivity contribution is 7.80. The van der Waals surface area contributed by atoms with Gasteiger partial charge < -0.3 is 0 Å². The Morgan fingerprint density at radius 3 is 1.44 bits per heavy atom. The van der Waals surface area contributed by atoms with Crippen LogP contribution in [-0.4, -0.2) is 0 Å². The molecule has 2 rings (SSSR count). The van der Waals surface area contributed by atoms with Crippen molar-refractivity contribution in [2.75, 3.05) is 0 Å². The van der Waals surface area contributed by atoms with E-state index in [0.717, 1.165) is 4.90 Å². The van der Waals surface area contributed by atoms with E-state index in [9.17, 15) is 0 Å². The van der Waals surface area contributed by atoms with Gasteiger partial charge in [0.25, 0.3) is 0 Å². The van der Waals surface area contributed by atoms with Crippen LogP contribution in [0.15, 0.2) is 41.3 Å². The Kier molecular flexibility index (Phi) is 5.49. The maximum atomic E-state index is 4.08. The van der Waals surface area contributed by atoms with Crippen molar-refractivity contribution in [3.8, 4) is 0 Å². The number of hydrogen-bond donors (Lipinski definition) is 1. The Bertz CT molecular complexity index is 487. The third kappa shape index (κ3) is 3.92. The van der Waals surface area contributed by atoms with Crippen molar-refractivity contribution in [3.63, 3.8) is 0 Å². The summed E-state index contributed by atoms with van der Waals surface area (Å²) in [5, 5.41) is 0. The zero-order valence-corrected chi connectivity index (χ0v) is 12.8. The topological polar surface area (TPSA) is 0 Å². The van der Waals surface area contributed by atoms with E-state index in [-0.39, 0.29) is 0 Å². The Balaban J connectivity index is 0.000000199. The van der Waals surface area contributed by atoms with Gasteiger partial charge in [0, 0.05) is 4.90 Å². The van der Waals surface area contributed by atoms with Gasteiger partial charge in [0.05, 0.1) is 0 Å². The molecule has 0 spiro atoms. The van der Waals surface area contributed by atoms with Crippen molar-refractivity contribution >= 4 is 12.6 Å². The van der Waals surface area contributed by atoms with E-state index in [1.165, 1.54) is 27.8 Å². The molecule has 0 saturated heterocycles. The summed E-state index contributed by atoms with van der Waals surface area (Å²) in [4.78, 5) is 1.02. The first-order valence-electron chi connectivity index (χ1n) is 6.21. The van der Waals surface area contributed by atoms with Crippen LogP contribution in [0.25, 0.3) is 0 Å². The summed E-state index contributed by atoms with van der Waals surface area (Å²) in [6.07, 6.45) is 0. The van der Waals surface area contributed by atoms with Crippen LogP contribution in [0.1, 0.15) is 27.8 Å². The van der Waals surface area contributed by atoms with Crippen LogP contribution in [0.4, 0.5) is 0 Å². The van der Waals surface area contributed by atoms with Gasteiger partial charge in [0.2, 0.25) is 0 Å². The summed E-state index contributed by atoms with van der Waals surface area (Å²) in [6.45, 7) is 10.9. The average molecular weight is 258 g/mol. The summed E-state index contributed by atoms with van der Waals surface area (Å²) < 4.78 is 0. The predicted octanol–water partition coefficient (Wildman–Crippen LogP) is 5.20. The highest BCUT2D eigenvalue weighted by Crippen LogP contribution is 2.19. The van der Waals surface area contributed by atoms with Crippen LogP contribution in [0, 0.1) is 34.6 Å². The van der Waals surface area contributed by atoms with Gasteiger partial charge in [-0.3, -0.25) is 0 Å². The summed E-state index contributed by atoms with van der Waals surface area (Å²) in [5.74, 6) is 0. The van der Waals surface area contributed by atoms with Crippen molar-refractivity contribution in [1.29, 1.82) is 0 Å². The van der Waals surface area contributed by atoms with Gasteiger partial charge in [-0.1, -0.05) is 24.3 Å². The molecule has 0 amide bonds. The maximum Gasteiger partial charge on any atom is 0.00399 e. The Morgan fingerprint density at radius 2 is 1.11 bits per heavy atom. The van der Waals surface area contributed by atoms with E-state index in [1.807, 2.05) is 30.3 Å².